The first-order chi connectivity index (χ1) is 10.8. The highest BCUT2D eigenvalue weighted by molar-refractivity contribution is 6.04. The molecule has 2 atom stereocenters. The van der Waals surface area contributed by atoms with Gasteiger partial charge < -0.3 is 14.5 Å². The lowest BCUT2D eigenvalue weighted by Gasteiger charge is -2.24. The Bertz CT molecular complexity index is 663. The van der Waals surface area contributed by atoms with E-state index >= 15 is 0 Å². The molecule has 0 radical (unpaired) electrons. The molecular weight excluding hydrogens is 310 g/mol. The quantitative estimate of drug-likeness (QED) is 0.786. The number of esters is 1. The molecule has 0 bridgehead atoms. The monoisotopic (exact) mass is 326 g/mol. The summed E-state index contributed by atoms with van der Waals surface area (Å²) in [5, 5.41) is 3.66. The lowest BCUT2D eigenvalue weighted by molar-refractivity contribution is -0.154. The number of nitrogens with zero attached hydrogens (tertiary/aromatic N) is 2. The molecule has 1 amide bonds. The van der Waals surface area contributed by atoms with E-state index in [4.69, 9.17) is 4.84 Å². The number of halogens is 2. The van der Waals surface area contributed by atoms with E-state index < -0.39 is 35.7 Å². The minimum atomic E-state index is -0.996. The van der Waals surface area contributed by atoms with Crippen LogP contribution in [-0.4, -0.2) is 48.8 Å². The molecule has 23 heavy (non-hydrogen) atoms. The first-order valence-electron chi connectivity index (χ1n) is 6.87. The summed E-state index contributed by atoms with van der Waals surface area (Å²) < 4.78 is 31.5. The highest BCUT2D eigenvalue weighted by atomic mass is 19.1. The van der Waals surface area contributed by atoms with Crippen LogP contribution in [0.3, 0.4) is 0 Å². The number of hydrogen-bond acceptors (Lipinski definition) is 5. The van der Waals surface area contributed by atoms with Crippen molar-refractivity contribution in [3.05, 3.63) is 35.4 Å². The van der Waals surface area contributed by atoms with Gasteiger partial charge in [-0.1, -0.05) is 5.16 Å². The molecule has 0 fully saturated rings. The molecule has 0 spiro atoms. The van der Waals surface area contributed by atoms with E-state index in [2.05, 4.69) is 9.89 Å². The molecule has 6 nitrogen and oxygen atoms in total. The Morgan fingerprint density at radius 3 is 2.78 bits per heavy atom. The van der Waals surface area contributed by atoms with E-state index in [1.807, 2.05) is 0 Å². The first-order valence-corrected chi connectivity index (χ1v) is 6.87. The third kappa shape index (κ3) is 3.46. The summed E-state index contributed by atoms with van der Waals surface area (Å²) in [6.07, 6.45) is -1.01. The molecule has 124 valence electrons. The SMILES string of the molecule is COC(=O)[C@H](C)N(C)C(=O)[C@H]1CC(c2cc(F)ccc2F)=NO1. The Kier molecular flexibility index (Phi) is 4.92. The van der Waals surface area contributed by atoms with Gasteiger partial charge in [0.15, 0.2) is 0 Å². The zero-order chi connectivity index (χ0) is 17.1. The molecule has 0 aromatic heterocycles. The maximum Gasteiger partial charge on any atom is 0.328 e. The molecule has 1 aromatic rings. The third-order valence-corrected chi connectivity index (χ3v) is 3.65. The molecule has 1 aromatic carbocycles. The highest BCUT2D eigenvalue weighted by Gasteiger charge is 2.35. The molecule has 2 rings (SSSR count). The summed E-state index contributed by atoms with van der Waals surface area (Å²) in [4.78, 5) is 29.9. The minimum Gasteiger partial charge on any atom is -0.467 e. The second kappa shape index (κ2) is 6.72. The van der Waals surface area contributed by atoms with Crippen molar-refractivity contribution in [1.82, 2.24) is 4.90 Å². The van der Waals surface area contributed by atoms with Crippen LogP contribution in [0.1, 0.15) is 18.9 Å². The Labute approximate surface area is 131 Å². The van der Waals surface area contributed by atoms with E-state index in [-0.39, 0.29) is 17.7 Å². The summed E-state index contributed by atoms with van der Waals surface area (Å²) in [7, 11) is 2.64. The summed E-state index contributed by atoms with van der Waals surface area (Å²) in [6, 6.07) is 2.16. The van der Waals surface area contributed by atoms with Crippen LogP contribution in [0.4, 0.5) is 8.78 Å². The number of ether oxygens (including phenoxy) is 1. The van der Waals surface area contributed by atoms with E-state index in [9.17, 15) is 18.4 Å². The van der Waals surface area contributed by atoms with Gasteiger partial charge in [-0.25, -0.2) is 13.6 Å². The van der Waals surface area contributed by atoms with Crippen molar-refractivity contribution in [2.24, 2.45) is 5.16 Å². The van der Waals surface area contributed by atoms with Crippen LogP contribution in [0.15, 0.2) is 23.4 Å². The molecule has 1 aliphatic heterocycles. The third-order valence-electron chi connectivity index (χ3n) is 3.65. The van der Waals surface area contributed by atoms with Gasteiger partial charge in [0.05, 0.1) is 12.8 Å². The van der Waals surface area contributed by atoms with Crippen LogP contribution in [0.5, 0.6) is 0 Å². The van der Waals surface area contributed by atoms with Gasteiger partial charge in [-0.2, -0.15) is 0 Å². The molecule has 8 heteroatoms. The van der Waals surface area contributed by atoms with Crippen LogP contribution >= 0.6 is 0 Å². The van der Waals surface area contributed by atoms with Gasteiger partial charge in [-0.15, -0.1) is 0 Å². The summed E-state index contributed by atoms with van der Waals surface area (Å²) in [5.41, 5.74) is 0.0865. The summed E-state index contributed by atoms with van der Waals surface area (Å²) >= 11 is 0. The predicted molar refractivity (Wildman–Crippen MR) is 76.6 cm³/mol. The average Bonchev–Trinajstić information content (AvgIpc) is 3.03. The van der Waals surface area contributed by atoms with Crippen molar-refractivity contribution < 1.29 is 27.9 Å². The van der Waals surface area contributed by atoms with Gasteiger partial charge in [-0.3, -0.25) is 4.79 Å². The van der Waals surface area contributed by atoms with Crippen molar-refractivity contribution >= 4 is 17.6 Å². The number of carbonyl (C=O) groups excluding carboxylic acids is 2. The number of oxime groups is 1. The smallest absolute Gasteiger partial charge is 0.328 e. The molecular formula is C15H16F2N2O4. The topological polar surface area (TPSA) is 68.2 Å². The minimum absolute atomic E-state index is 0.0164. The van der Waals surface area contributed by atoms with Crippen molar-refractivity contribution in [3.63, 3.8) is 0 Å². The Balaban J connectivity index is 2.08. The van der Waals surface area contributed by atoms with Gasteiger partial charge in [0.2, 0.25) is 6.10 Å². The van der Waals surface area contributed by atoms with Crippen molar-refractivity contribution in [2.45, 2.75) is 25.5 Å². The normalized spacial score (nSPS) is 18.0. The summed E-state index contributed by atoms with van der Waals surface area (Å²) in [5.74, 6) is -2.34. The second-order valence-corrected chi connectivity index (χ2v) is 5.11. The van der Waals surface area contributed by atoms with Gasteiger partial charge in [0.1, 0.15) is 17.7 Å². The Hall–Kier alpha value is -2.51. The van der Waals surface area contributed by atoms with E-state index in [0.29, 0.717) is 0 Å². The number of likely N-dealkylation sites (N-methyl/N-ethyl adjacent to an activating group) is 1. The van der Waals surface area contributed by atoms with E-state index in [0.717, 1.165) is 23.1 Å². The van der Waals surface area contributed by atoms with Gasteiger partial charge in [-0.05, 0) is 25.1 Å². The zero-order valence-corrected chi connectivity index (χ0v) is 12.9. The molecule has 0 unspecified atom stereocenters. The Morgan fingerprint density at radius 1 is 1.43 bits per heavy atom. The number of rotatable bonds is 4. The van der Waals surface area contributed by atoms with Crippen LogP contribution in [-0.2, 0) is 19.2 Å². The maximum atomic E-state index is 13.7. The van der Waals surface area contributed by atoms with Crippen molar-refractivity contribution in [2.75, 3.05) is 14.2 Å². The largest absolute Gasteiger partial charge is 0.467 e. The number of amides is 1. The number of benzene rings is 1. The van der Waals surface area contributed by atoms with Crippen molar-refractivity contribution in [3.8, 4) is 0 Å². The second-order valence-electron chi connectivity index (χ2n) is 5.11. The average molecular weight is 326 g/mol. The number of hydrogen-bond donors (Lipinski definition) is 0. The lowest BCUT2D eigenvalue weighted by Crippen LogP contribution is -2.45. The van der Waals surface area contributed by atoms with Crippen molar-refractivity contribution in [1.29, 1.82) is 0 Å². The fraction of sp³-hybridized carbons (Fsp3) is 0.400. The van der Waals surface area contributed by atoms with Crippen LogP contribution in [0, 0.1) is 11.6 Å². The number of methoxy groups -OCH3 is 1. The molecule has 1 heterocycles. The first kappa shape index (κ1) is 16.9. The molecule has 0 saturated carbocycles. The fourth-order valence-corrected chi connectivity index (χ4v) is 2.13. The van der Waals surface area contributed by atoms with Crippen LogP contribution in [0.2, 0.25) is 0 Å². The van der Waals surface area contributed by atoms with Gasteiger partial charge >= 0.3 is 5.97 Å². The van der Waals surface area contributed by atoms with Gasteiger partial charge in [0.25, 0.3) is 5.91 Å². The van der Waals surface area contributed by atoms with Crippen LogP contribution < -0.4 is 0 Å². The standard InChI is InChI=1S/C15H16F2N2O4/c1-8(15(21)22-3)19(2)14(20)13-7-12(18-23-13)10-6-9(16)4-5-11(10)17/h4-6,8,13H,7H2,1-3H3/t8-,13+/m0/s1. The predicted octanol–water partition coefficient (Wildman–Crippen LogP) is 1.48. The van der Waals surface area contributed by atoms with E-state index in [1.54, 1.807) is 0 Å². The zero-order valence-electron chi connectivity index (χ0n) is 12.9. The Morgan fingerprint density at radius 2 is 2.13 bits per heavy atom. The van der Waals surface area contributed by atoms with E-state index in [1.165, 1.54) is 21.1 Å². The highest BCUT2D eigenvalue weighted by Crippen LogP contribution is 2.21. The molecule has 0 aliphatic carbocycles. The fourth-order valence-electron chi connectivity index (χ4n) is 2.13. The van der Waals surface area contributed by atoms with Crippen LogP contribution in [0.25, 0.3) is 0 Å². The molecule has 0 N–H and O–H groups in total. The summed E-state index contributed by atoms with van der Waals surface area (Å²) in [6.45, 7) is 1.51. The lowest BCUT2D eigenvalue weighted by atomic mass is 10.0. The van der Waals surface area contributed by atoms with Gasteiger partial charge in [0, 0.05) is 19.0 Å². The molecule has 0 saturated heterocycles. The maximum absolute atomic E-state index is 13.7. The molecule has 1 aliphatic rings. The number of carbonyl (C=O) groups is 2.